The molecule has 0 unspecified atom stereocenters. The van der Waals surface area contributed by atoms with Crippen LogP contribution < -0.4 is 0 Å². The molecule has 0 bridgehead atoms. The van der Waals surface area contributed by atoms with E-state index in [2.05, 4.69) is 0 Å². The summed E-state index contributed by atoms with van der Waals surface area (Å²) >= 11 is 0. The number of aliphatic hydroxyl groups is 1. The summed E-state index contributed by atoms with van der Waals surface area (Å²) in [5.41, 5.74) is 0.931. The molecule has 2 N–H and O–H groups in total. The van der Waals surface area contributed by atoms with Crippen molar-refractivity contribution in [2.45, 2.75) is 12.6 Å². The SMILES string of the molecule is O=C1C(=O)N(Cc2ccco2)[C@@H](c2cccc(O)c2)/C1=C(\O)c1ccccc1. The van der Waals surface area contributed by atoms with Crippen LogP contribution in [0.5, 0.6) is 5.75 Å². The number of ketones is 1. The van der Waals surface area contributed by atoms with E-state index in [9.17, 15) is 19.8 Å². The van der Waals surface area contributed by atoms with E-state index in [0.29, 0.717) is 16.9 Å². The van der Waals surface area contributed by atoms with Crippen molar-refractivity contribution in [3.63, 3.8) is 0 Å². The second kappa shape index (κ2) is 7.08. The Labute approximate surface area is 161 Å². The van der Waals surface area contributed by atoms with Gasteiger partial charge < -0.3 is 19.5 Å². The maximum absolute atomic E-state index is 12.8. The fourth-order valence-corrected chi connectivity index (χ4v) is 3.41. The molecule has 6 heteroatoms. The Morgan fingerprint density at radius 2 is 1.79 bits per heavy atom. The fraction of sp³-hybridized carbons (Fsp3) is 0.0909. The van der Waals surface area contributed by atoms with E-state index in [1.165, 1.54) is 23.3 Å². The van der Waals surface area contributed by atoms with Gasteiger partial charge in [0, 0.05) is 5.56 Å². The number of aromatic hydroxyl groups is 1. The normalized spacial score (nSPS) is 18.6. The van der Waals surface area contributed by atoms with Crippen LogP contribution in [0.1, 0.15) is 22.9 Å². The van der Waals surface area contributed by atoms with Crippen LogP contribution in [-0.4, -0.2) is 26.8 Å². The summed E-state index contributed by atoms with van der Waals surface area (Å²) in [6.45, 7) is 0.0590. The number of benzene rings is 2. The van der Waals surface area contributed by atoms with Gasteiger partial charge in [0.1, 0.15) is 17.3 Å². The molecule has 1 atom stereocenters. The highest BCUT2D eigenvalue weighted by Crippen LogP contribution is 2.40. The summed E-state index contributed by atoms with van der Waals surface area (Å²) in [4.78, 5) is 26.9. The predicted octanol–water partition coefficient (Wildman–Crippen LogP) is 3.61. The topological polar surface area (TPSA) is 91.0 Å². The van der Waals surface area contributed by atoms with Crippen molar-refractivity contribution in [1.82, 2.24) is 4.90 Å². The number of furan rings is 1. The summed E-state index contributed by atoms with van der Waals surface area (Å²) in [5, 5.41) is 20.8. The van der Waals surface area contributed by atoms with E-state index >= 15 is 0 Å². The highest BCUT2D eigenvalue weighted by Gasteiger charge is 2.46. The first-order valence-electron chi connectivity index (χ1n) is 8.71. The summed E-state index contributed by atoms with van der Waals surface area (Å²) in [6, 6.07) is 17.4. The summed E-state index contributed by atoms with van der Waals surface area (Å²) in [6.07, 6.45) is 1.49. The van der Waals surface area contributed by atoms with Crippen molar-refractivity contribution < 1.29 is 24.2 Å². The minimum absolute atomic E-state index is 0.000738. The quantitative estimate of drug-likeness (QED) is 0.413. The number of hydrogen-bond donors (Lipinski definition) is 2. The molecule has 3 aromatic rings. The van der Waals surface area contributed by atoms with Crippen molar-refractivity contribution >= 4 is 17.4 Å². The number of nitrogens with zero attached hydrogens (tertiary/aromatic N) is 1. The maximum Gasteiger partial charge on any atom is 0.296 e. The van der Waals surface area contributed by atoms with Gasteiger partial charge >= 0.3 is 0 Å². The fourth-order valence-electron chi connectivity index (χ4n) is 3.41. The first-order valence-corrected chi connectivity index (χ1v) is 8.71. The lowest BCUT2D eigenvalue weighted by Crippen LogP contribution is -2.29. The van der Waals surface area contributed by atoms with Crippen LogP contribution in [-0.2, 0) is 16.1 Å². The van der Waals surface area contributed by atoms with Crippen LogP contribution in [0.3, 0.4) is 0 Å². The Kier molecular flexibility index (Phi) is 4.45. The Bertz CT molecular complexity index is 1050. The number of rotatable bonds is 4. The zero-order valence-corrected chi connectivity index (χ0v) is 14.8. The highest BCUT2D eigenvalue weighted by molar-refractivity contribution is 6.46. The molecule has 1 amide bonds. The van der Waals surface area contributed by atoms with Gasteiger partial charge in [0.15, 0.2) is 0 Å². The lowest BCUT2D eigenvalue weighted by atomic mass is 9.95. The van der Waals surface area contributed by atoms with Crippen molar-refractivity contribution in [1.29, 1.82) is 0 Å². The van der Waals surface area contributed by atoms with Gasteiger partial charge in [0.2, 0.25) is 0 Å². The third kappa shape index (κ3) is 3.05. The third-order valence-corrected chi connectivity index (χ3v) is 4.68. The first-order chi connectivity index (χ1) is 13.6. The molecular weight excluding hydrogens is 358 g/mol. The van der Waals surface area contributed by atoms with Gasteiger partial charge in [-0.2, -0.15) is 0 Å². The smallest absolute Gasteiger partial charge is 0.296 e. The summed E-state index contributed by atoms with van der Waals surface area (Å²) in [7, 11) is 0. The van der Waals surface area contributed by atoms with E-state index in [1.54, 1.807) is 54.6 Å². The van der Waals surface area contributed by atoms with Gasteiger partial charge in [-0.1, -0.05) is 42.5 Å². The predicted molar refractivity (Wildman–Crippen MR) is 101 cm³/mol. The van der Waals surface area contributed by atoms with Gasteiger partial charge in [-0.3, -0.25) is 9.59 Å². The molecule has 1 aliphatic rings. The van der Waals surface area contributed by atoms with Crippen LogP contribution in [0.2, 0.25) is 0 Å². The molecule has 1 saturated heterocycles. The largest absolute Gasteiger partial charge is 0.508 e. The van der Waals surface area contributed by atoms with Crippen molar-refractivity contribution in [2.75, 3.05) is 0 Å². The van der Waals surface area contributed by atoms with Gasteiger partial charge in [0.05, 0.1) is 24.4 Å². The maximum atomic E-state index is 12.8. The number of amides is 1. The summed E-state index contributed by atoms with van der Waals surface area (Å²) < 4.78 is 5.33. The zero-order chi connectivity index (χ0) is 19.7. The average molecular weight is 375 g/mol. The number of phenolic OH excluding ortho intramolecular Hbond substituents is 1. The van der Waals surface area contributed by atoms with Crippen molar-refractivity contribution in [2.24, 2.45) is 0 Å². The van der Waals surface area contributed by atoms with E-state index in [-0.39, 0.29) is 23.6 Å². The molecule has 0 radical (unpaired) electrons. The van der Waals surface area contributed by atoms with Crippen LogP contribution in [0, 0.1) is 0 Å². The molecule has 6 nitrogen and oxygen atoms in total. The lowest BCUT2D eigenvalue weighted by Gasteiger charge is -2.24. The minimum atomic E-state index is -0.850. The standard InChI is InChI=1S/C22H17NO5/c24-16-9-4-8-15(12-16)19-18(20(25)14-6-2-1-3-7-14)21(26)22(27)23(19)13-17-10-5-11-28-17/h1-12,19,24-25H,13H2/b20-18+/t19-/m0/s1. The molecule has 0 saturated carbocycles. The van der Waals surface area contributed by atoms with Crippen molar-refractivity contribution in [3.8, 4) is 5.75 Å². The third-order valence-electron chi connectivity index (χ3n) is 4.68. The number of aliphatic hydroxyl groups excluding tert-OH is 1. The number of carbonyl (C=O) groups excluding carboxylic acids is 2. The summed E-state index contributed by atoms with van der Waals surface area (Å²) in [5.74, 6) is -1.26. The Morgan fingerprint density at radius 1 is 1.00 bits per heavy atom. The van der Waals surface area contributed by atoms with Crippen molar-refractivity contribution in [3.05, 3.63) is 95.5 Å². The second-order valence-corrected chi connectivity index (χ2v) is 6.47. The Hall–Kier alpha value is -3.80. The van der Waals surface area contributed by atoms with Gasteiger partial charge in [-0.05, 0) is 29.8 Å². The van der Waals surface area contributed by atoms with E-state index in [1.807, 2.05) is 0 Å². The molecular formula is C22H17NO5. The van der Waals surface area contributed by atoms with Gasteiger partial charge in [-0.25, -0.2) is 0 Å². The second-order valence-electron chi connectivity index (χ2n) is 6.47. The molecule has 1 aliphatic heterocycles. The molecule has 2 heterocycles. The Balaban J connectivity index is 1.88. The van der Waals surface area contributed by atoms with Gasteiger partial charge in [-0.15, -0.1) is 0 Å². The minimum Gasteiger partial charge on any atom is -0.508 e. The molecule has 0 spiro atoms. The number of likely N-dealkylation sites (tertiary alicyclic amines) is 1. The van der Waals surface area contributed by atoms with Crippen LogP contribution >= 0.6 is 0 Å². The monoisotopic (exact) mass is 375 g/mol. The zero-order valence-electron chi connectivity index (χ0n) is 14.8. The van der Waals surface area contributed by atoms with E-state index < -0.39 is 17.7 Å². The van der Waals surface area contributed by atoms with Gasteiger partial charge in [0.25, 0.3) is 11.7 Å². The molecule has 0 aliphatic carbocycles. The van der Waals surface area contributed by atoms with Crippen LogP contribution in [0.4, 0.5) is 0 Å². The van der Waals surface area contributed by atoms with Crippen LogP contribution in [0.15, 0.2) is 83.0 Å². The molecule has 2 aromatic carbocycles. The van der Waals surface area contributed by atoms with E-state index in [0.717, 1.165) is 0 Å². The number of hydrogen-bond acceptors (Lipinski definition) is 5. The molecule has 140 valence electrons. The van der Waals surface area contributed by atoms with E-state index in [4.69, 9.17) is 4.42 Å². The molecule has 28 heavy (non-hydrogen) atoms. The first kappa shape index (κ1) is 17.6. The molecule has 1 fully saturated rings. The highest BCUT2D eigenvalue weighted by atomic mass is 16.3. The van der Waals surface area contributed by atoms with Crippen LogP contribution in [0.25, 0.3) is 5.76 Å². The molecule has 1 aromatic heterocycles. The average Bonchev–Trinajstić information content (AvgIpc) is 3.30. The lowest BCUT2D eigenvalue weighted by molar-refractivity contribution is -0.140. The molecule has 4 rings (SSSR count). The number of carbonyl (C=O) groups is 2. The number of Topliss-reactive ketones (excluding diaryl/α,β-unsaturated/α-hetero) is 1. The Morgan fingerprint density at radius 3 is 2.46 bits per heavy atom. The number of phenols is 1.